The first-order valence-electron chi connectivity index (χ1n) is 9.14. The smallest absolute Gasteiger partial charge is 0.346 e. The number of thiophene rings is 1. The van der Waals surface area contributed by atoms with Crippen LogP contribution in [0, 0.1) is 0 Å². The monoisotopic (exact) mass is 425 g/mol. The van der Waals surface area contributed by atoms with Crippen molar-refractivity contribution in [2.45, 2.75) is 12.3 Å². The molecule has 154 valence electrons. The highest BCUT2D eigenvalue weighted by molar-refractivity contribution is 7.15. The van der Waals surface area contributed by atoms with Crippen molar-refractivity contribution < 1.29 is 29.3 Å². The maximum absolute atomic E-state index is 12.6. The van der Waals surface area contributed by atoms with Gasteiger partial charge in [0.05, 0.1) is 19.9 Å². The summed E-state index contributed by atoms with van der Waals surface area (Å²) in [6, 6.07) is 12.4. The molecular formula is C22H19NO6S. The number of anilines is 1. The van der Waals surface area contributed by atoms with Crippen molar-refractivity contribution in [3.8, 4) is 28.4 Å². The molecule has 0 saturated carbocycles. The summed E-state index contributed by atoms with van der Waals surface area (Å²) in [5, 5.41) is 22.9. The summed E-state index contributed by atoms with van der Waals surface area (Å²) in [4.78, 5) is 25.5. The van der Waals surface area contributed by atoms with Crippen LogP contribution in [0.2, 0.25) is 0 Å². The van der Waals surface area contributed by atoms with Gasteiger partial charge in [0.15, 0.2) is 11.5 Å². The zero-order chi connectivity index (χ0) is 21.4. The van der Waals surface area contributed by atoms with E-state index in [0.29, 0.717) is 22.4 Å². The molecule has 0 aliphatic carbocycles. The van der Waals surface area contributed by atoms with Crippen molar-refractivity contribution in [2.24, 2.45) is 0 Å². The number of fused-ring (bicyclic) bond motifs is 1. The second kappa shape index (κ2) is 7.72. The van der Waals surface area contributed by atoms with Gasteiger partial charge in [0.25, 0.3) is 0 Å². The van der Waals surface area contributed by atoms with Gasteiger partial charge in [0.1, 0.15) is 4.88 Å². The fraction of sp³-hybridized carbons (Fsp3) is 0.182. The van der Waals surface area contributed by atoms with Crippen molar-refractivity contribution in [2.75, 3.05) is 19.5 Å². The van der Waals surface area contributed by atoms with Crippen molar-refractivity contribution in [1.29, 1.82) is 0 Å². The van der Waals surface area contributed by atoms with Crippen LogP contribution < -0.4 is 14.8 Å². The van der Waals surface area contributed by atoms with Gasteiger partial charge in [0.2, 0.25) is 11.7 Å². The van der Waals surface area contributed by atoms with E-state index in [1.165, 1.54) is 14.2 Å². The number of aromatic carboxylic acids is 1. The van der Waals surface area contributed by atoms with Crippen molar-refractivity contribution in [3.63, 3.8) is 0 Å². The van der Waals surface area contributed by atoms with Gasteiger partial charge < -0.3 is 25.0 Å². The Bertz CT molecular complexity index is 1110. The fourth-order valence-electron chi connectivity index (χ4n) is 3.70. The minimum absolute atomic E-state index is 0.133. The van der Waals surface area contributed by atoms with Gasteiger partial charge in [-0.15, -0.1) is 11.3 Å². The quantitative estimate of drug-likeness (QED) is 0.563. The van der Waals surface area contributed by atoms with Gasteiger partial charge in [-0.2, -0.15) is 0 Å². The fourth-order valence-corrected chi connectivity index (χ4v) is 4.95. The van der Waals surface area contributed by atoms with Gasteiger partial charge in [-0.05, 0) is 23.3 Å². The molecule has 2 heterocycles. The van der Waals surface area contributed by atoms with Crippen LogP contribution in [0.25, 0.3) is 11.1 Å². The molecule has 1 aliphatic rings. The number of phenolic OH excluding ortho intramolecular Hbond substituents is 1. The lowest BCUT2D eigenvalue weighted by Gasteiger charge is -2.25. The molecule has 0 saturated heterocycles. The molecule has 0 radical (unpaired) electrons. The Balaban J connectivity index is 1.94. The summed E-state index contributed by atoms with van der Waals surface area (Å²) in [7, 11) is 2.86. The van der Waals surface area contributed by atoms with Crippen LogP contribution >= 0.6 is 11.3 Å². The summed E-state index contributed by atoms with van der Waals surface area (Å²) in [6.45, 7) is 0. The van der Waals surface area contributed by atoms with Gasteiger partial charge >= 0.3 is 5.97 Å². The predicted octanol–water partition coefficient (Wildman–Crippen LogP) is 4.31. The standard InChI is InChI=1S/C22H19NO6S/c1-28-14-8-12(9-15(29-2)19(14)25)13-10-16(24)23-18-17(11-6-4-3-5-7-11)21(22(26)27)30-20(13)18/h3-9,13,25H,10H2,1-2H3,(H,23,24)(H,26,27)/t13-/m1/s1. The Kier molecular flexibility index (Phi) is 5.09. The van der Waals surface area contributed by atoms with E-state index < -0.39 is 11.9 Å². The van der Waals surface area contributed by atoms with Crippen LogP contribution in [0.15, 0.2) is 42.5 Å². The number of nitrogens with one attached hydrogen (secondary N) is 1. The highest BCUT2D eigenvalue weighted by atomic mass is 32.1. The number of benzene rings is 2. The number of carbonyl (C=O) groups excluding carboxylic acids is 1. The first-order chi connectivity index (χ1) is 14.4. The number of rotatable bonds is 5. The number of hydrogen-bond acceptors (Lipinski definition) is 6. The minimum atomic E-state index is -1.05. The van der Waals surface area contributed by atoms with Crippen LogP contribution in [-0.4, -0.2) is 36.3 Å². The highest BCUT2D eigenvalue weighted by Gasteiger charge is 2.35. The molecule has 3 N–H and O–H groups in total. The Morgan fingerprint density at radius 3 is 2.33 bits per heavy atom. The molecule has 1 aliphatic heterocycles. The third-order valence-electron chi connectivity index (χ3n) is 5.07. The van der Waals surface area contributed by atoms with Crippen LogP contribution in [0.5, 0.6) is 17.2 Å². The number of carboxylic acid groups (broad SMARTS) is 1. The molecule has 8 heteroatoms. The number of phenols is 1. The summed E-state index contributed by atoms with van der Waals surface area (Å²) in [6.07, 6.45) is 0.137. The van der Waals surface area contributed by atoms with E-state index in [4.69, 9.17) is 9.47 Å². The van der Waals surface area contributed by atoms with E-state index in [0.717, 1.165) is 16.2 Å². The lowest BCUT2D eigenvalue weighted by molar-refractivity contribution is -0.116. The molecule has 0 spiro atoms. The Labute approximate surface area is 176 Å². The lowest BCUT2D eigenvalue weighted by Crippen LogP contribution is -2.22. The third kappa shape index (κ3) is 3.25. The molecular weight excluding hydrogens is 406 g/mol. The molecule has 1 atom stereocenters. The van der Waals surface area contributed by atoms with Crippen LogP contribution in [0.3, 0.4) is 0 Å². The van der Waals surface area contributed by atoms with E-state index in [1.807, 2.05) is 30.3 Å². The summed E-state index contributed by atoms with van der Waals surface area (Å²) >= 11 is 1.14. The molecule has 4 rings (SSSR count). The van der Waals surface area contributed by atoms with Crippen LogP contribution in [0.4, 0.5) is 5.69 Å². The van der Waals surface area contributed by atoms with E-state index in [2.05, 4.69) is 5.32 Å². The van der Waals surface area contributed by atoms with Crippen LogP contribution in [-0.2, 0) is 4.79 Å². The second-order valence-electron chi connectivity index (χ2n) is 6.80. The molecule has 0 fully saturated rings. The van der Waals surface area contributed by atoms with E-state index in [-0.39, 0.29) is 34.5 Å². The van der Waals surface area contributed by atoms with Crippen molar-refractivity contribution >= 4 is 28.9 Å². The van der Waals surface area contributed by atoms with Crippen molar-refractivity contribution in [1.82, 2.24) is 0 Å². The Hall–Kier alpha value is -3.52. The average Bonchev–Trinajstić information content (AvgIpc) is 3.13. The number of methoxy groups -OCH3 is 2. The largest absolute Gasteiger partial charge is 0.502 e. The average molecular weight is 425 g/mol. The van der Waals surface area contributed by atoms with Gasteiger partial charge in [-0.25, -0.2) is 4.79 Å². The summed E-state index contributed by atoms with van der Waals surface area (Å²) in [5.74, 6) is -1.37. The number of amides is 1. The number of ether oxygens (including phenoxy) is 2. The first-order valence-corrected chi connectivity index (χ1v) is 9.96. The summed E-state index contributed by atoms with van der Waals surface area (Å²) < 4.78 is 10.5. The predicted molar refractivity (Wildman–Crippen MR) is 113 cm³/mol. The van der Waals surface area contributed by atoms with Crippen LogP contribution in [0.1, 0.15) is 32.5 Å². The lowest BCUT2D eigenvalue weighted by atomic mass is 9.88. The molecule has 0 bridgehead atoms. The maximum atomic E-state index is 12.6. The zero-order valence-corrected chi connectivity index (χ0v) is 17.1. The SMILES string of the molecule is COc1cc([C@H]2CC(=O)Nc3c2sc(C(=O)O)c3-c2ccccc2)cc(OC)c1O. The topological polar surface area (TPSA) is 105 Å². The van der Waals surface area contributed by atoms with Gasteiger partial charge in [0, 0.05) is 22.8 Å². The molecule has 0 unspecified atom stereocenters. The second-order valence-corrected chi connectivity index (χ2v) is 7.85. The van der Waals surface area contributed by atoms with E-state index >= 15 is 0 Å². The van der Waals surface area contributed by atoms with Gasteiger partial charge in [-0.1, -0.05) is 30.3 Å². The normalized spacial score (nSPS) is 15.3. The number of aromatic hydroxyl groups is 1. The maximum Gasteiger partial charge on any atom is 0.346 e. The zero-order valence-electron chi connectivity index (χ0n) is 16.3. The molecule has 7 nitrogen and oxygen atoms in total. The van der Waals surface area contributed by atoms with E-state index in [1.54, 1.807) is 12.1 Å². The number of carboxylic acids is 1. The Morgan fingerprint density at radius 2 is 1.77 bits per heavy atom. The molecule has 1 aromatic heterocycles. The minimum Gasteiger partial charge on any atom is -0.502 e. The number of carbonyl (C=O) groups is 2. The Morgan fingerprint density at radius 1 is 1.13 bits per heavy atom. The first kappa shape index (κ1) is 19.8. The van der Waals surface area contributed by atoms with E-state index in [9.17, 15) is 19.8 Å². The number of hydrogen-bond donors (Lipinski definition) is 3. The molecule has 1 amide bonds. The summed E-state index contributed by atoms with van der Waals surface area (Å²) in [5.41, 5.74) is 2.42. The van der Waals surface area contributed by atoms with Gasteiger partial charge in [-0.3, -0.25) is 4.79 Å². The third-order valence-corrected chi connectivity index (χ3v) is 6.36. The molecule has 30 heavy (non-hydrogen) atoms. The molecule has 2 aromatic carbocycles. The van der Waals surface area contributed by atoms with Crippen molar-refractivity contribution in [3.05, 3.63) is 57.8 Å². The molecule has 3 aromatic rings. The highest BCUT2D eigenvalue weighted by Crippen LogP contribution is 2.51.